The predicted molar refractivity (Wildman–Crippen MR) is 83.4 cm³/mol. The molecular formula is C14H10ClN3OS. The molecule has 0 bridgehead atoms. The molecule has 3 rings (SSSR count). The number of hydrogen-bond acceptors (Lipinski definition) is 4. The molecule has 0 atom stereocenters. The van der Waals surface area contributed by atoms with Gasteiger partial charge in [-0.3, -0.25) is 10.1 Å². The van der Waals surface area contributed by atoms with Gasteiger partial charge in [0.1, 0.15) is 0 Å². The number of nitrogens with zero attached hydrogens (tertiary/aromatic N) is 1. The Morgan fingerprint density at radius 2 is 2.00 bits per heavy atom. The summed E-state index contributed by atoms with van der Waals surface area (Å²) in [4.78, 5) is 16.6. The first-order chi connectivity index (χ1) is 9.65. The number of hydrogen-bond donors (Lipinski definition) is 2. The molecule has 0 radical (unpaired) electrons. The zero-order valence-electron chi connectivity index (χ0n) is 10.3. The highest BCUT2D eigenvalue weighted by Crippen LogP contribution is 2.27. The van der Waals surface area contributed by atoms with Crippen molar-refractivity contribution in [3.8, 4) is 0 Å². The van der Waals surface area contributed by atoms with Gasteiger partial charge in [-0.1, -0.05) is 41.1 Å². The first-order valence-corrected chi connectivity index (χ1v) is 7.05. The minimum absolute atomic E-state index is 0.272. The molecule has 3 aromatic rings. The van der Waals surface area contributed by atoms with E-state index in [1.165, 1.54) is 11.3 Å². The summed E-state index contributed by atoms with van der Waals surface area (Å²) in [6.07, 6.45) is 0. The van der Waals surface area contributed by atoms with E-state index in [1.54, 1.807) is 18.2 Å². The molecule has 1 aromatic heterocycles. The largest absolute Gasteiger partial charge is 0.398 e. The molecule has 0 fully saturated rings. The molecule has 0 aliphatic heterocycles. The van der Waals surface area contributed by atoms with Crippen molar-refractivity contribution in [3.63, 3.8) is 0 Å². The number of para-hydroxylation sites is 1. The lowest BCUT2D eigenvalue weighted by molar-refractivity contribution is 0.102. The van der Waals surface area contributed by atoms with Crippen molar-refractivity contribution < 1.29 is 4.79 Å². The predicted octanol–water partition coefficient (Wildman–Crippen LogP) is 3.78. The molecule has 0 spiro atoms. The zero-order chi connectivity index (χ0) is 14.1. The van der Waals surface area contributed by atoms with Gasteiger partial charge in [0, 0.05) is 5.69 Å². The number of thiazole rings is 1. The maximum atomic E-state index is 12.2. The second-order valence-electron chi connectivity index (χ2n) is 4.14. The van der Waals surface area contributed by atoms with Gasteiger partial charge >= 0.3 is 0 Å². The topological polar surface area (TPSA) is 68.0 Å². The van der Waals surface area contributed by atoms with Crippen LogP contribution in [-0.4, -0.2) is 10.9 Å². The second kappa shape index (κ2) is 5.11. The summed E-state index contributed by atoms with van der Waals surface area (Å²) in [5.74, 6) is -0.354. The van der Waals surface area contributed by atoms with Crippen LogP contribution >= 0.6 is 22.9 Å². The number of fused-ring (bicyclic) bond motifs is 1. The fourth-order valence-corrected chi connectivity index (χ4v) is 2.99. The number of anilines is 2. The third-order valence-corrected chi connectivity index (χ3v) is 4.05. The normalized spacial score (nSPS) is 10.7. The van der Waals surface area contributed by atoms with Crippen LogP contribution in [0.15, 0.2) is 42.5 Å². The lowest BCUT2D eigenvalue weighted by atomic mass is 10.1. The van der Waals surface area contributed by atoms with Crippen molar-refractivity contribution in [2.24, 2.45) is 0 Å². The van der Waals surface area contributed by atoms with Crippen LogP contribution in [0.4, 0.5) is 10.8 Å². The SMILES string of the molecule is Nc1cccc(Cl)c1C(=O)Nc1nc2ccccc2s1. The average Bonchev–Trinajstić information content (AvgIpc) is 2.80. The molecule has 6 heteroatoms. The summed E-state index contributed by atoms with van der Waals surface area (Å²) >= 11 is 7.42. The molecule has 1 heterocycles. The average molecular weight is 304 g/mol. The highest BCUT2D eigenvalue weighted by atomic mass is 35.5. The molecule has 20 heavy (non-hydrogen) atoms. The minimum Gasteiger partial charge on any atom is -0.398 e. The van der Waals surface area contributed by atoms with Crippen LogP contribution in [0, 0.1) is 0 Å². The summed E-state index contributed by atoms with van der Waals surface area (Å²) in [6.45, 7) is 0. The molecule has 2 aromatic carbocycles. The van der Waals surface area contributed by atoms with Crippen molar-refractivity contribution in [1.82, 2.24) is 4.98 Å². The van der Waals surface area contributed by atoms with Crippen molar-refractivity contribution in [2.45, 2.75) is 0 Å². The summed E-state index contributed by atoms with van der Waals surface area (Å²) in [5.41, 5.74) is 7.25. The quantitative estimate of drug-likeness (QED) is 0.708. The van der Waals surface area contributed by atoms with E-state index in [4.69, 9.17) is 17.3 Å². The Labute approximate surface area is 124 Å². The van der Waals surface area contributed by atoms with Gasteiger partial charge in [0.2, 0.25) is 0 Å². The number of carbonyl (C=O) groups excluding carboxylic acids is 1. The van der Waals surface area contributed by atoms with Crippen LogP contribution in [0.25, 0.3) is 10.2 Å². The zero-order valence-corrected chi connectivity index (χ0v) is 11.8. The number of nitrogen functional groups attached to an aromatic ring is 1. The number of benzene rings is 2. The van der Waals surface area contributed by atoms with E-state index in [0.29, 0.717) is 15.8 Å². The summed E-state index contributed by atoms with van der Waals surface area (Å²) in [7, 11) is 0. The van der Waals surface area contributed by atoms with E-state index in [9.17, 15) is 4.79 Å². The van der Waals surface area contributed by atoms with Crippen molar-refractivity contribution in [2.75, 3.05) is 11.1 Å². The van der Waals surface area contributed by atoms with Crippen LogP contribution in [0.1, 0.15) is 10.4 Å². The Kier molecular flexibility index (Phi) is 3.30. The Balaban J connectivity index is 1.92. The lowest BCUT2D eigenvalue weighted by Crippen LogP contribution is -2.14. The number of carbonyl (C=O) groups is 1. The van der Waals surface area contributed by atoms with E-state index in [1.807, 2.05) is 24.3 Å². The fourth-order valence-electron chi connectivity index (χ4n) is 1.87. The van der Waals surface area contributed by atoms with E-state index >= 15 is 0 Å². The first kappa shape index (κ1) is 12.9. The molecule has 0 saturated carbocycles. The van der Waals surface area contributed by atoms with Gasteiger partial charge in [0.05, 0.1) is 20.8 Å². The standard InChI is InChI=1S/C14H10ClN3OS/c15-8-4-3-5-9(16)12(8)13(19)18-14-17-10-6-1-2-7-11(10)20-14/h1-7H,16H2,(H,17,18,19). The van der Waals surface area contributed by atoms with E-state index in [2.05, 4.69) is 10.3 Å². The highest BCUT2D eigenvalue weighted by Gasteiger charge is 2.15. The van der Waals surface area contributed by atoms with E-state index in [0.717, 1.165) is 10.2 Å². The van der Waals surface area contributed by atoms with Gasteiger partial charge in [-0.15, -0.1) is 0 Å². The number of nitrogens with two attached hydrogens (primary N) is 1. The van der Waals surface area contributed by atoms with Crippen LogP contribution in [0.3, 0.4) is 0 Å². The Morgan fingerprint density at radius 1 is 1.20 bits per heavy atom. The molecule has 3 N–H and O–H groups in total. The van der Waals surface area contributed by atoms with Crippen molar-refractivity contribution in [1.29, 1.82) is 0 Å². The third kappa shape index (κ3) is 2.33. The number of aromatic nitrogens is 1. The van der Waals surface area contributed by atoms with E-state index in [-0.39, 0.29) is 11.5 Å². The molecule has 0 aliphatic rings. The first-order valence-electron chi connectivity index (χ1n) is 5.86. The molecule has 0 unspecified atom stereocenters. The van der Waals surface area contributed by atoms with Crippen molar-refractivity contribution >= 4 is 49.9 Å². The van der Waals surface area contributed by atoms with Gasteiger partial charge < -0.3 is 5.73 Å². The summed E-state index contributed by atoms with van der Waals surface area (Å²) in [6, 6.07) is 12.6. The smallest absolute Gasteiger partial charge is 0.261 e. The summed E-state index contributed by atoms with van der Waals surface area (Å²) in [5, 5.41) is 3.58. The number of amides is 1. The maximum absolute atomic E-state index is 12.2. The Hall–Kier alpha value is -2.11. The molecule has 0 saturated heterocycles. The van der Waals surface area contributed by atoms with Crippen molar-refractivity contribution in [3.05, 3.63) is 53.1 Å². The number of nitrogens with one attached hydrogen (secondary N) is 1. The monoisotopic (exact) mass is 303 g/mol. The van der Waals surface area contributed by atoms with Crippen LogP contribution in [0.2, 0.25) is 5.02 Å². The fraction of sp³-hybridized carbons (Fsp3) is 0. The number of rotatable bonds is 2. The van der Waals surface area contributed by atoms with Gasteiger partial charge in [-0.05, 0) is 24.3 Å². The molecule has 4 nitrogen and oxygen atoms in total. The third-order valence-electron chi connectivity index (χ3n) is 2.79. The molecule has 1 amide bonds. The molecular weight excluding hydrogens is 294 g/mol. The van der Waals surface area contributed by atoms with Crippen LogP contribution < -0.4 is 11.1 Å². The molecule has 100 valence electrons. The van der Waals surface area contributed by atoms with Crippen LogP contribution in [0.5, 0.6) is 0 Å². The van der Waals surface area contributed by atoms with Crippen LogP contribution in [-0.2, 0) is 0 Å². The maximum Gasteiger partial charge on any atom is 0.261 e. The minimum atomic E-state index is -0.354. The molecule has 0 aliphatic carbocycles. The van der Waals surface area contributed by atoms with Gasteiger partial charge in [-0.2, -0.15) is 0 Å². The number of halogens is 1. The van der Waals surface area contributed by atoms with Gasteiger partial charge in [0.25, 0.3) is 5.91 Å². The van der Waals surface area contributed by atoms with Gasteiger partial charge in [0.15, 0.2) is 5.13 Å². The Morgan fingerprint density at radius 3 is 2.75 bits per heavy atom. The second-order valence-corrected chi connectivity index (χ2v) is 5.58. The van der Waals surface area contributed by atoms with E-state index < -0.39 is 0 Å². The highest BCUT2D eigenvalue weighted by molar-refractivity contribution is 7.22. The lowest BCUT2D eigenvalue weighted by Gasteiger charge is -2.06. The van der Waals surface area contributed by atoms with Gasteiger partial charge in [-0.25, -0.2) is 4.98 Å². The summed E-state index contributed by atoms with van der Waals surface area (Å²) < 4.78 is 1.01. The Bertz CT molecular complexity index is 747.